The molecule has 7 heteroatoms. The van der Waals surface area contributed by atoms with Crippen molar-refractivity contribution in [3.63, 3.8) is 0 Å². The number of nitrogens with zero attached hydrogens (tertiary/aromatic N) is 5. The maximum atomic E-state index is 11.8. The minimum absolute atomic E-state index is 0.114. The highest BCUT2D eigenvalue weighted by Crippen LogP contribution is 2.11. The number of anilines is 1. The van der Waals surface area contributed by atoms with Gasteiger partial charge in [0.15, 0.2) is 0 Å². The monoisotopic (exact) mass is 274 g/mol. The van der Waals surface area contributed by atoms with Crippen molar-refractivity contribution in [2.75, 3.05) is 19.0 Å². The lowest BCUT2D eigenvalue weighted by molar-refractivity contribution is -0.122. The lowest BCUT2D eigenvalue weighted by Crippen LogP contribution is -2.28. The van der Waals surface area contributed by atoms with Crippen LogP contribution >= 0.6 is 0 Å². The molecular weight excluding hydrogens is 256 g/mol. The van der Waals surface area contributed by atoms with Gasteiger partial charge in [-0.25, -0.2) is 4.68 Å². The molecule has 0 radical (unpaired) electrons. The largest absolute Gasteiger partial charge is 0.378 e. The third-order valence-electron chi connectivity index (χ3n) is 2.95. The van der Waals surface area contributed by atoms with Gasteiger partial charge in [-0.1, -0.05) is 12.1 Å². The number of aryl methyl sites for hydroxylation is 1. The van der Waals surface area contributed by atoms with Crippen molar-refractivity contribution < 1.29 is 4.79 Å². The number of nitrogens with one attached hydrogen (secondary N) is 1. The molecule has 1 aromatic carbocycles. The van der Waals surface area contributed by atoms with Crippen molar-refractivity contribution in [3.05, 3.63) is 35.7 Å². The fourth-order valence-electron chi connectivity index (χ4n) is 1.70. The van der Waals surface area contributed by atoms with Gasteiger partial charge in [-0.05, 0) is 35.0 Å². The zero-order valence-corrected chi connectivity index (χ0v) is 11.9. The van der Waals surface area contributed by atoms with Crippen LogP contribution in [0.1, 0.15) is 11.4 Å². The van der Waals surface area contributed by atoms with E-state index in [1.54, 1.807) is 6.92 Å². The third kappa shape index (κ3) is 3.53. The second-order valence-electron chi connectivity index (χ2n) is 4.72. The Morgan fingerprint density at radius 2 is 2.00 bits per heavy atom. The molecule has 2 aromatic rings. The van der Waals surface area contributed by atoms with E-state index in [1.807, 2.05) is 43.3 Å². The number of carbonyl (C=O) groups is 1. The topological polar surface area (TPSA) is 75.9 Å². The van der Waals surface area contributed by atoms with Crippen LogP contribution < -0.4 is 10.2 Å². The van der Waals surface area contributed by atoms with Crippen LogP contribution in [0.5, 0.6) is 0 Å². The number of aromatic nitrogens is 4. The number of carbonyl (C=O) groups excluding carboxylic acids is 1. The second-order valence-corrected chi connectivity index (χ2v) is 4.72. The van der Waals surface area contributed by atoms with Gasteiger partial charge in [0, 0.05) is 26.3 Å². The Bertz CT molecular complexity index is 575. The highest BCUT2D eigenvalue weighted by Gasteiger charge is 2.06. The van der Waals surface area contributed by atoms with E-state index >= 15 is 0 Å². The zero-order chi connectivity index (χ0) is 14.5. The summed E-state index contributed by atoms with van der Waals surface area (Å²) in [5, 5.41) is 13.8. The van der Waals surface area contributed by atoms with Crippen molar-refractivity contribution in [3.8, 4) is 0 Å². The molecular formula is C13H18N6O. The van der Waals surface area contributed by atoms with Gasteiger partial charge in [0.1, 0.15) is 12.4 Å². The molecule has 1 aromatic heterocycles. The summed E-state index contributed by atoms with van der Waals surface area (Å²) < 4.78 is 1.46. The second kappa shape index (κ2) is 6.14. The molecule has 20 heavy (non-hydrogen) atoms. The molecule has 2 rings (SSSR count). The third-order valence-corrected chi connectivity index (χ3v) is 2.95. The summed E-state index contributed by atoms with van der Waals surface area (Å²) in [6.07, 6.45) is 0. The molecule has 0 fully saturated rings. The number of rotatable bonds is 5. The van der Waals surface area contributed by atoms with Gasteiger partial charge in [0.25, 0.3) is 0 Å². The van der Waals surface area contributed by atoms with Crippen molar-refractivity contribution in [1.82, 2.24) is 25.5 Å². The number of tetrazole rings is 1. The van der Waals surface area contributed by atoms with Gasteiger partial charge in [-0.3, -0.25) is 4.79 Å². The lowest BCUT2D eigenvalue weighted by atomic mass is 10.2. The van der Waals surface area contributed by atoms with Gasteiger partial charge in [-0.15, -0.1) is 5.10 Å². The van der Waals surface area contributed by atoms with Crippen LogP contribution in [-0.4, -0.2) is 40.2 Å². The quantitative estimate of drug-likeness (QED) is 0.852. The van der Waals surface area contributed by atoms with Crippen molar-refractivity contribution in [2.24, 2.45) is 0 Å². The van der Waals surface area contributed by atoms with Gasteiger partial charge >= 0.3 is 0 Å². The average molecular weight is 274 g/mol. The molecule has 0 aliphatic carbocycles. The summed E-state index contributed by atoms with van der Waals surface area (Å²) in [7, 11) is 3.98. The predicted molar refractivity (Wildman–Crippen MR) is 75.2 cm³/mol. The molecule has 7 nitrogen and oxygen atoms in total. The molecule has 1 N–H and O–H groups in total. The summed E-state index contributed by atoms with van der Waals surface area (Å²) in [4.78, 5) is 13.8. The van der Waals surface area contributed by atoms with Gasteiger partial charge in [-0.2, -0.15) is 0 Å². The molecule has 0 atom stereocenters. The van der Waals surface area contributed by atoms with Crippen LogP contribution in [0.2, 0.25) is 0 Å². The molecule has 0 spiro atoms. The Labute approximate surface area is 117 Å². The summed E-state index contributed by atoms with van der Waals surface area (Å²) >= 11 is 0. The first kappa shape index (κ1) is 14.0. The minimum atomic E-state index is -0.114. The molecule has 1 heterocycles. The summed E-state index contributed by atoms with van der Waals surface area (Å²) in [6.45, 7) is 2.38. The zero-order valence-electron chi connectivity index (χ0n) is 11.9. The van der Waals surface area contributed by atoms with Crippen molar-refractivity contribution >= 4 is 11.6 Å². The molecule has 0 bridgehead atoms. The first-order chi connectivity index (χ1) is 9.56. The van der Waals surface area contributed by atoms with Crippen LogP contribution in [0.15, 0.2) is 24.3 Å². The van der Waals surface area contributed by atoms with E-state index in [4.69, 9.17) is 0 Å². The average Bonchev–Trinajstić information content (AvgIpc) is 2.82. The van der Waals surface area contributed by atoms with Crippen LogP contribution in [0.25, 0.3) is 0 Å². The lowest BCUT2D eigenvalue weighted by Gasteiger charge is -2.13. The van der Waals surface area contributed by atoms with E-state index in [0.717, 1.165) is 11.3 Å². The smallest absolute Gasteiger partial charge is 0.242 e. The maximum absolute atomic E-state index is 11.8. The number of hydrogen-bond acceptors (Lipinski definition) is 5. The summed E-state index contributed by atoms with van der Waals surface area (Å²) in [6, 6.07) is 8.04. The standard InChI is InChI=1S/C13H18N6O/c1-10-15-16-17-19(10)9-13(20)14-8-11-4-6-12(7-5-11)18(2)3/h4-7H,8-9H2,1-3H3,(H,14,20). The van der Waals surface area contributed by atoms with E-state index in [0.29, 0.717) is 12.4 Å². The molecule has 0 aliphatic heterocycles. The Morgan fingerprint density at radius 1 is 1.30 bits per heavy atom. The van der Waals surface area contributed by atoms with Gasteiger partial charge in [0.2, 0.25) is 5.91 Å². The Kier molecular flexibility index (Phi) is 4.29. The molecule has 0 aliphatic rings. The minimum Gasteiger partial charge on any atom is -0.378 e. The first-order valence-corrected chi connectivity index (χ1v) is 6.32. The summed E-state index contributed by atoms with van der Waals surface area (Å²) in [5.74, 6) is 0.507. The molecule has 0 saturated heterocycles. The molecule has 0 unspecified atom stereocenters. The Hall–Kier alpha value is -2.44. The highest BCUT2D eigenvalue weighted by atomic mass is 16.2. The summed E-state index contributed by atoms with van der Waals surface area (Å²) in [5.41, 5.74) is 2.18. The first-order valence-electron chi connectivity index (χ1n) is 6.32. The fourth-order valence-corrected chi connectivity index (χ4v) is 1.70. The van der Waals surface area contributed by atoms with Gasteiger partial charge in [0.05, 0.1) is 0 Å². The van der Waals surface area contributed by atoms with Crippen LogP contribution in [0, 0.1) is 6.92 Å². The number of amides is 1. The van der Waals surface area contributed by atoms with Crippen LogP contribution in [0.4, 0.5) is 5.69 Å². The van der Waals surface area contributed by atoms with E-state index in [1.165, 1.54) is 4.68 Å². The van der Waals surface area contributed by atoms with E-state index < -0.39 is 0 Å². The van der Waals surface area contributed by atoms with E-state index in [-0.39, 0.29) is 12.5 Å². The van der Waals surface area contributed by atoms with Crippen LogP contribution in [-0.2, 0) is 17.9 Å². The van der Waals surface area contributed by atoms with Crippen LogP contribution in [0.3, 0.4) is 0 Å². The molecule has 106 valence electrons. The molecule has 1 amide bonds. The van der Waals surface area contributed by atoms with Crippen molar-refractivity contribution in [2.45, 2.75) is 20.0 Å². The van der Waals surface area contributed by atoms with E-state index in [9.17, 15) is 4.79 Å². The van der Waals surface area contributed by atoms with Gasteiger partial charge < -0.3 is 10.2 Å². The number of benzene rings is 1. The van der Waals surface area contributed by atoms with E-state index in [2.05, 4.69) is 20.8 Å². The number of hydrogen-bond donors (Lipinski definition) is 1. The highest BCUT2D eigenvalue weighted by molar-refractivity contribution is 5.75. The fraction of sp³-hybridized carbons (Fsp3) is 0.385. The molecule has 0 saturated carbocycles. The normalized spacial score (nSPS) is 10.3. The Morgan fingerprint density at radius 3 is 2.55 bits per heavy atom. The maximum Gasteiger partial charge on any atom is 0.242 e. The van der Waals surface area contributed by atoms with Crippen molar-refractivity contribution in [1.29, 1.82) is 0 Å². The predicted octanol–water partition coefficient (Wildman–Crippen LogP) is 0.364. The SMILES string of the molecule is Cc1nnnn1CC(=O)NCc1ccc(N(C)C)cc1. The Balaban J connectivity index is 1.85.